The average Bonchev–Trinajstić information content (AvgIpc) is 3.77. The van der Waals surface area contributed by atoms with Crippen LogP contribution in [-0.2, 0) is 24.4 Å². The number of oxazole rings is 2. The SMILES string of the molecule is Cc1c(-c2nc3c(o2)CN(C=O)C3)cccc1-c1cccc(-c2nc3cc(CN4CCCC4)cc(C#N)c3o2)c1C. The summed E-state index contributed by atoms with van der Waals surface area (Å²) in [4.78, 5) is 24.8. The van der Waals surface area contributed by atoms with E-state index in [0.29, 0.717) is 41.5 Å². The van der Waals surface area contributed by atoms with E-state index in [9.17, 15) is 10.1 Å². The van der Waals surface area contributed by atoms with Crippen LogP contribution in [0.25, 0.3) is 45.1 Å². The van der Waals surface area contributed by atoms with Gasteiger partial charge in [0.15, 0.2) is 5.58 Å². The molecule has 0 radical (unpaired) electrons. The molecule has 1 amide bonds. The van der Waals surface area contributed by atoms with Gasteiger partial charge in [0.25, 0.3) is 0 Å². The molecule has 0 bridgehead atoms. The first-order valence-corrected chi connectivity index (χ1v) is 14.0. The van der Waals surface area contributed by atoms with Crippen molar-refractivity contribution in [3.63, 3.8) is 0 Å². The Morgan fingerprint density at radius 1 is 0.902 bits per heavy atom. The van der Waals surface area contributed by atoms with Crippen LogP contribution in [0.2, 0.25) is 0 Å². The van der Waals surface area contributed by atoms with Gasteiger partial charge < -0.3 is 13.7 Å². The van der Waals surface area contributed by atoms with Crippen molar-refractivity contribution in [1.82, 2.24) is 19.8 Å². The average molecular weight is 544 g/mol. The van der Waals surface area contributed by atoms with E-state index in [4.69, 9.17) is 18.8 Å². The maximum Gasteiger partial charge on any atom is 0.227 e. The molecular weight excluding hydrogens is 514 g/mol. The van der Waals surface area contributed by atoms with Gasteiger partial charge in [0.05, 0.1) is 18.7 Å². The molecule has 8 nitrogen and oxygen atoms in total. The molecule has 5 aromatic rings. The predicted molar refractivity (Wildman–Crippen MR) is 154 cm³/mol. The lowest BCUT2D eigenvalue weighted by Gasteiger charge is -2.14. The van der Waals surface area contributed by atoms with Crippen molar-refractivity contribution in [2.75, 3.05) is 13.1 Å². The molecule has 3 aromatic carbocycles. The first-order valence-electron chi connectivity index (χ1n) is 14.0. The van der Waals surface area contributed by atoms with Crippen LogP contribution in [0.1, 0.15) is 46.5 Å². The summed E-state index contributed by atoms with van der Waals surface area (Å²) in [5.41, 5.74) is 9.67. The second kappa shape index (κ2) is 10.0. The standard InChI is InChI=1S/C33H29N5O3/c1-20-24(7-5-9-26(20)32-36-29-17-38(19-39)18-30(29)40-32)25-8-6-10-27(21(25)2)33-35-28-14-22(16-37-11-3-4-12-37)13-23(15-34)31(28)41-33/h5-10,13-14,19H,3-4,11-12,16-18H2,1-2H3. The maximum atomic E-state index is 11.1. The summed E-state index contributed by atoms with van der Waals surface area (Å²) in [6.07, 6.45) is 3.27. The molecule has 204 valence electrons. The molecule has 0 spiro atoms. The van der Waals surface area contributed by atoms with Crippen molar-refractivity contribution in [2.45, 2.75) is 46.3 Å². The van der Waals surface area contributed by atoms with Gasteiger partial charge in [-0.25, -0.2) is 9.97 Å². The fourth-order valence-electron chi connectivity index (χ4n) is 6.15. The molecular formula is C33H29N5O3. The van der Waals surface area contributed by atoms with Gasteiger partial charge in [0.1, 0.15) is 23.0 Å². The van der Waals surface area contributed by atoms with Gasteiger partial charge in [-0.3, -0.25) is 9.69 Å². The van der Waals surface area contributed by atoms with Gasteiger partial charge in [-0.2, -0.15) is 5.26 Å². The van der Waals surface area contributed by atoms with E-state index in [2.05, 4.69) is 43.0 Å². The van der Waals surface area contributed by atoms with Crippen LogP contribution in [0.3, 0.4) is 0 Å². The van der Waals surface area contributed by atoms with Crippen LogP contribution in [0.4, 0.5) is 0 Å². The summed E-state index contributed by atoms with van der Waals surface area (Å²) in [6.45, 7) is 8.07. The quantitative estimate of drug-likeness (QED) is 0.229. The number of carbonyl (C=O) groups is 1. The molecule has 0 N–H and O–H groups in total. The Hall–Kier alpha value is -4.74. The fraction of sp³-hybridized carbons (Fsp3) is 0.273. The van der Waals surface area contributed by atoms with E-state index in [1.54, 1.807) is 4.90 Å². The van der Waals surface area contributed by atoms with Crippen LogP contribution < -0.4 is 0 Å². The number of amides is 1. The number of nitrogens with zero attached hydrogens (tertiary/aromatic N) is 5. The highest BCUT2D eigenvalue weighted by Gasteiger charge is 2.26. The van der Waals surface area contributed by atoms with Crippen molar-refractivity contribution >= 4 is 17.5 Å². The number of carbonyl (C=O) groups excluding carboxylic acids is 1. The van der Waals surface area contributed by atoms with E-state index < -0.39 is 0 Å². The minimum Gasteiger partial charge on any atom is -0.439 e. The number of nitriles is 1. The lowest BCUT2D eigenvalue weighted by Crippen LogP contribution is -2.18. The zero-order chi connectivity index (χ0) is 28.1. The summed E-state index contributed by atoms with van der Waals surface area (Å²) in [5.74, 6) is 1.82. The molecule has 1 fully saturated rings. The fourth-order valence-corrected chi connectivity index (χ4v) is 6.15. The number of rotatable bonds is 6. The van der Waals surface area contributed by atoms with E-state index in [1.165, 1.54) is 12.8 Å². The first-order chi connectivity index (χ1) is 20.0. The number of benzene rings is 3. The number of likely N-dealkylation sites (tertiary alicyclic amines) is 1. The van der Waals surface area contributed by atoms with Crippen LogP contribution in [-0.4, -0.2) is 39.3 Å². The Balaban J connectivity index is 1.25. The molecule has 41 heavy (non-hydrogen) atoms. The summed E-state index contributed by atoms with van der Waals surface area (Å²) in [7, 11) is 0. The molecule has 0 saturated carbocycles. The smallest absolute Gasteiger partial charge is 0.227 e. The molecule has 8 heteroatoms. The zero-order valence-electron chi connectivity index (χ0n) is 23.1. The van der Waals surface area contributed by atoms with Gasteiger partial charge in [-0.1, -0.05) is 24.3 Å². The van der Waals surface area contributed by atoms with Crippen LogP contribution in [0, 0.1) is 25.2 Å². The maximum absolute atomic E-state index is 11.1. The van der Waals surface area contributed by atoms with E-state index in [0.717, 1.165) is 76.4 Å². The molecule has 2 aromatic heterocycles. The third kappa shape index (κ3) is 4.39. The number of hydrogen-bond donors (Lipinski definition) is 0. The zero-order valence-corrected chi connectivity index (χ0v) is 23.1. The summed E-state index contributed by atoms with van der Waals surface area (Å²) < 4.78 is 12.3. The Kier molecular flexibility index (Phi) is 6.17. The Morgan fingerprint density at radius 2 is 1.56 bits per heavy atom. The molecule has 2 aliphatic heterocycles. The van der Waals surface area contributed by atoms with Crippen LogP contribution in [0.15, 0.2) is 57.4 Å². The van der Waals surface area contributed by atoms with Gasteiger partial charge in [-0.05, 0) is 91.9 Å². The lowest BCUT2D eigenvalue weighted by atomic mass is 9.91. The second-order valence-corrected chi connectivity index (χ2v) is 11.0. The molecule has 0 aliphatic carbocycles. The number of hydrogen-bond acceptors (Lipinski definition) is 7. The highest BCUT2D eigenvalue weighted by atomic mass is 16.4. The van der Waals surface area contributed by atoms with Gasteiger partial charge in [0.2, 0.25) is 18.2 Å². The number of fused-ring (bicyclic) bond motifs is 2. The van der Waals surface area contributed by atoms with Gasteiger partial charge >= 0.3 is 0 Å². The minimum absolute atomic E-state index is 0.448. The van der Waals surface area contributed by atoms with E-state index in [1.807, 2.05) is 30.3 Å². The van der Waals surface area contributed by atoms with E-state index >= 15 is 0 Å². The Labute approximate surface area is 237 Å². The lowest BCUT2D eigenvalue weighted by molar-refractivity contribution is -0.118. The monoisotopic (exact) mass is 543 g/mol. The van der Waals surface area contributed by atoms with E-state index in [-0.39, 0.29) is 0 Å². The highest BCUT2D eigenvalue weighted by molar-refractivity contribution is 5.85. The third-order valence-electron chi connectivity index (χ3n) is 8.32. The highest BCUT2D eigenvalue weighted by Crippen LogP contribution is 2.38. The van der Waals surface area contributed by atoms with Gasteiger partial charge in [0, 0.05) is 17.7 Å². The largest absolute Gasteiger partial charge is 0.439 e. The summed E-state index contributed by atoms with van der Waals surface area (Å²) >= 11 is 0. The Morgan fingerprint density at radius 3 is 2.20 bits per heavy atom. The predicted octanol–water partition coefficient (Wildman–Crippen LogP) is 6.37. The normalized spacial score (nSPS) is 15.0. The Bertz CT molecular complexity index is 1830. The molecule has 0 atom stereocenters. The topological polar surface area (TPSA) is 99.4 Å². The number of aromatic nitrogens is 2. The van der Waals surface area contributed by atoms with Crippen molar-refractivity contribution in [3.05, 3.63) is 82.2 Å². The third-order valence-corrected chi connectivity index (χ3v) is 8.32. The summed E-state index contributed by atoms with van der Waals surface area (Å²) in [6, 6.07) is 18.5. The molecule has 2 aliphatic rings. The second-order valence-electron chi connectivity index (χ2n) is 11.0. The van der Waals surface area contributed by atoms with Crippen molar-refractivity contribution in [1.29, 1.82) is 5.26 Å². The van der Waals surface area contributed by atoms with Crippen molar-refractivity contribution < 1.29 is 13.6 Å². The van der Waals surface area contributed by atoms with Crippen molar-refractivity contribution in [3.8, 4) is 40.1 Å². The first kappa shape index (κ1) is 25.2. The van der Waals surface area contributed by atoms with Gasteiger partial charge in [-0.15, -0.1) is 0 Å². The molecule has 1 saturated heterocycles. The summed E-state index contributed by atoms with van der Waals surface area (Å²) in [5, 5.41) is 9.88. The van der Waals surface area contributed by atoms with Crippen LogP contribution >= 0.6 is 0 Å². The van der Waals surface area contributed by atoms with Crippen LogP contribution in [0.5, 0.6) is 0 Å². The van der Waals surface area contributed by atoms with Crippen molar-refractivity contribution in [2.24, 2.45) is 0 Å². The minimum atomic E-state index is 0.448. The molecule has 0 unspecified atom stereocenters. The molecule has 7 rings (SSSR count). The molecule has 4 heterocycles.